The van der Waals surface area contributed by atoms with Crippen LogP contribution in [0.2, 0.25) is 0 Å². The third kappa shape index (κ3) is 870. The first-order chi connectivity index (χ1) is 59.2. The van der Waals surface area contributed by atoms with E-state index in [2.05, 4.69) is 234 Å². The van der Waals surface area contributed by atoms with E-state index in [4.69, 9.17) is 0 Å². The molecule has 0 radical (unpaired) electrons. The number of allylic oxidation sites excluding steroid dienone is 9. The molecule has 1 N–H and O–H groups in total. The number of ether oxygens (including phenoxy) is 1. The highest BCUT2D eigenvalue weighted by molar-refractivity contribution is 7.97. The van der Waals surface area contributed by atoms with Crippen LogP contribution in [0.4, 0.5) is 0 Å². The monoisotopic (exact) mass is 1830 g/mol. The van der Waals surface area contributed by atoms with Crippen molar-refractivity contribution in [3.05, 3.63) is 239 Å². The van der Waals surface area contributed by atoms with Gasteiger partial charge in [-0.3, -0.25) is 0 Å². The molecule has 0 atom stereocenters. The second-order valence-electron chi connectivity index (χ2n) is 24.8. The van der Waals surface area contributed by atoms with Crippen molar-refractivity contribution in [3.63, 3.8) is 0 Å². The van der Waals surface area contributed by atoms with Crippen LogP contribution in [0.3, 0.4) is 0 Å². The van der Waals surface area contributed by atoms with Crippen LogP contribution in [-0.2, 0) is 19.4 Å². The van der Waals surface area contributed by atoms with Crippen LogP contribution >= 0.6 is 11.8 Å². The van der Waals surface area contributed by atoms with Gasteiger partial charge < -0.3 is 19.7 Å². The van der Waals surface area contributed by atoms with Gasteiger partial charge in [-0.15, -0.1) is 18.4 Å². The molecule has 0 heterocycles. The van der Waals surface area contributed by atoms with Gasteiger partial charge in [0.1, 0.15) is 15.6 Å². The summed E-state index contributed by atoms with van der Waals surface area (Å²) in [4.78, 5) is 11.4. The number of Topliss-reactive ketones (excluding diaryl/α,β-unsaturated/α-hetero) is 1. The number of carbonyl (C=O) groups excluding carboxylic acids is 1. The summed E-state index contributed by atoms with van der Waals surface area (Å²) >= 11 is 1.75. The fourth-order valence-electron chi connectivity index (χ4n) is 2.67. The SMILES string of the molecule is C/C=C/C.C/C=C\C.C=C(C)C.CC.CC.CC.CC.CC.CC.CC.CC.CC.CC.CC.CC.CC.CC.CC.CC#CC.CC(C)(C)C.CC(C)=C(C)C.CC(C)=O.CC(C)C.CC=C(C)C.CCC.CN(C)C.CNC.COC.CS(C)(=O)=O.CSC.Cc1ccccc1.Cc1ccccc1.Cc1ccccc1.Cc1ccccc1.Cc1ccccc1. The van der Waals surface area contributed by atoms with E-state index in [0.29, 0.717) is 5.41 Å². The lowest BCUT2D eigenvalue weighted by Crippen LogP contribution is -1.99. The first kappa shape index (κ1) is 210. The standard InChI is InChI=1S/5C7H8.C6H12.C5H12.C5H10.C4H10.3C4H8.C4H6.C3H9N.C3H6O.C3H8.C2H7N.C2H6O2S.C2H6O.C2H6S.15C2H6/c5*1-7-5-3-2-4-6-7;1-5(2)6(3)4;1-5(2,3)4;1-4-5(2)3;2*1-4(2)3;3*1-3-4-2;1-4(2)3;1-3(2)4;2*1-3-2;1-5(2,3)4;2*1-3-2;15*1-2/h5*2-6H,1H3;1-4H3;1-4H3;4H,1-3H3;4H,1-3H3;1H2,2-3H3;2*3-4H,1-2H3;1-2H3;1-3H3;1-2H3;3H2,1-2H3;3H,1-2H3;1-2H3;2*1-2H3;15*1-2H3/b;;;;;;;;;;4-3+;4-3-;;;;;;;;;;;;;;;;;;;;;;;. The van der Waals surface area contributed by atoms with Crippen molar-refractivity contribution in [1.82, 2.24) is 10.2 Å². The Morgan fingerprint density at radius 1 is 0.397 bits per heavy atom. The number of aryl methyl sites for hydroxylation is 5. The van der Waals surface area contributed by atoms with Gasteiger partial charge in [0.15, 0.2) is 0 Å². The average Bonchev–Trinajstić information content (AvgIpc) is 1.03. The number of nitrogens with one attached hydrogen (secondary N) is 1. The van der Waals surface area contributed by atoms with E-state index >= 15 is 0 Å². The summed E-state index contributed by atoms with van der Waals surface area (Å²) in [5.41, 5.74) is 12.5. The van der Waals surface area contributed by atoms with Crippen LogP contribution in [0.25, 0.3) is 0 Å². The molecule has 0 saturated carbocycles. The van der Waals surface area contributed by atoms with Gasteiger partial charge in [-0.05, 0) is 211 Å². The topological polar surface area (TPSA) is 75.7 Å². The number of methoxy groups -OCH3 is 1. The Bertz CT molecular complexity index is 2110. The van der Waals surface area contributed by atoms with Gasteiger partial charge >= 0.3 is 0 Å². The van der Waals surface area contributed by atoms with E-state index < -0.39 is 9.84 Å². The average molecular weight is 1830 g/mol. The summed E-state index contributed by atoms with van der Waals surface area (Å²) < 4.78 is 23.5. The first-order valence-electron chi connectivity index (χ1n) is 48.2. The quantitative estimate of drug-likeness (QED) is 0.122. The zero-order valence-corrected chi connectivity index (χ0v) is 103. The number of nitrogens with zero attached hydrogens (tertiary/aromatic N) is 1. The molecular formula is C118H252N2O4S2. The number of hydrogen-bond donors (Lipinski definition) is 1. The first-order valence-corrected chi connectivity index (χ1v) is 52.2. The third-order valence-electron chi connectivity index (χ3n) is 7.20. The molecule has 126 heavy (non-hydrogen) atoms. The molecule has 0 unspecified atom stereocenters. The Balaban J connectivity index is -0.0000000272. The van der Waals surface area contributed by atoms with Crippen molar-refractivity contribution in [2.75, 3.05) is 74.5 Å². The zero-order chi connectivity index (χ0) is 109. The van der Waals surface area contributed by atoms with Crippen LogP contribution in [-0.4, -0.2) is 93.6 Å². The highest BCUT2D eigenvalue weighted by Crippen LogP contribution is 2.08. The Kier molecular flexibility index (Phi) is 454. The number of hydrogen-bond acceptors (Lipinski definition) is 7. The second-order valence-corrected chi connectivity index (χ2v) is 27.9. The van der Waals surface area contributed by atoms with Crippen molar-refractivity contribution < 1.29 is 17.9 Å². The molecule has 8 heteroatoms. The molecule has 5 rings (SSSR count). The molecule has 5 aromatic rings. The van der Waals surface area contributed by atoms with Gasteiger partial charge in [-0.25, -0.2) is 8.42 Å². The summed E-state index contributed by atoms with van der Waals surface area (Å²) in [5.74, 6) is 6.36. The van der Waals surface area contributed by atoms with Crippen molar-refractivity contribution in [3.8, 4) is 11.8 Å². The van der Waals surface area contributed by atoms with E-state index in [0.717, 1.165) is 18.4 Å². The van der Waals surface area contributed by atoms with Crippen molar-refractivity contribution >= 4 is 27.4 Å². The minimum absolute atomic E-state index is 0.167. The molecule has 0 saturated heterocycles. The highest BCUT2D eigenvalue weighted by atomic mass is 32.2. The van der Waals surface area contributed by atoms with E-state index in [1.807, 2.05) is 438 Å². The van der Waals surface area contributed by atoms with E-state index in [-0.39, 0.29) is 5.78 Å². The summed E-state index contributed by atoms with van der Waals surface area (Å²) in [6.45, 7) is 127. The van der Waals surface area contributed by atoms with Gasteiger partial charge in [-0.1, -0.05) is 509 Å². The largest absolute Gasteiger partial charge is 0.388 e. The van der Waals surface area contributed by atoms with Crippen LogP contribution in [0.1, 0.15) is 422 Å². The lowest BCUT2D eigenvalue weighted by atomic mass is 10.0. The highest BCUT2D eigenvalue weighted by Gasteiger charge is 1.95. The predicted molar refractivity (Wildman–Crippen MR) is 627 cm³/mol. The van der Waals surface area contributed by atoms with Crippen LogP contribution in [0.15, 0.2) is 211 Å². The second kappa shape index (κ2) is 272. The van der Waals surface area contributed by atoms with Gasteiger partial charge in [0.05, 0.1) is 0 Å². The van der Waals surface area contributed by atoms with Gasteiger partial charge in [-0.2, -0.15) is 11.8 Å². The Morgan fingerprint density at radius 3 is 0.476 bits per heavy atom. The molecule has 0 aliphatic heterocycles. The molecule has 0 amide bonds. The van der Waals surface area contributed by atoms with Gasteiger partial charge in [0, 0.05) is 26.7 Å². The minimum atomic E-state index is -2.67. The van der Waals surface area contributed by atoms with Gasteiger partial charge in [0.25, 0.3) is 0 Å². The van der Waals surface area contributed by atoms with Crippen molar-refractivity contribution in [2.45, 2.75) is 429 Å². The lowest BCUT2D eigenvalue weighted by molar-refractivity contribution is -0.115. The van der Waals surface area contributed by atoms with E-state index in [9.17, 15) is 13.2 Å². The molecule has 0 aliphatic carbocycles. The molecule has 0 aromatic heterocycles. The molecule has 5 aromatic carbocycles. The predicted octanol–water partition coefficient (Wildman–Crippen LogP) is 42.1. The lowest BCUT2D eigenvalue weighted by Gasteiger charge is -2.05. The Morgan fingerprint density at radius 2 is 0.460 bits per heavy atom. The Hall–Kier alpha value is -5.79. The van der Waals surface area contributed by atoms with Crippen LogP contribution < -0.4 is 5.32 Å². The molecular weight excluding hydrogens is 1570 g/mol. The van der Waals surface area contributed by atoms with Crippen molar-refractivity contribution in [2.24, 2.45) is 11.3 Å². The number of rotatable bonds is 0. The molecule has 6 nitrogen and oxygen atoms in total. The fourth-order valence-corrected chi connectivity index (χ4v) is 2.67. The molecule has 0 fully saturated rings. The molecule has 0 spiro atoms. The summed E-state index contributed by atoms with van der Waals surface area (Å²) in [6.07, 6.45) is 17.7. The smallest absolute Gasteiger partial charge is 0.144 e. The van der Waals surface area contributed by atoms with Crippen molar-refractivity contribution in [1.29, 1.82) is 0 Å². The number of thioether (sulfide) groups is 1. The molecule has 770 valence electrons. The Labute approximate surface area is 815 Å². The normalized spacial score (nSPS) is 7.00. The maximum atomic E-state index is 9.63. The molecule has 0 bridgehead atoms. The van der Waals surface area contributed by atoms with E-state index in [1.165, 1.54) is 70.4 Å². The maximum absolute atomic E-state index is 9.63. The van der Waals surface area contributed by atoms with Gasteiger partial charge in [0.2, 0.25) is 0 Å². The molecule has 0 aliphatic rings. The summed E-state index contributed by atoms with van der Waals surface area (Å²) in [5, 5.41) is 2.75. The maximum Gasteiger partial charge on any atom is 0.144 e. The number of ketones is 1. The van der Waals surface area contributed by atoms with E-state index in [1.54, 1.807) is 26.0 Å². The summed E-state index contributed by atoms with van der Waals surface area (Å²) in [6, 6.07) is 51.3. The number of benzene rings is 5. The summed E-state index contributed by atoms with van der Waals surface area (Å²) in [7, 11) is 10.3. The zero-order valence-electron chi connectivity index (χ0n) is 101. The van der Waals surface area contributed by atoms with Crippen LogP contribution in [0.5, 0.6) is 0 Å². The number of sulfone groups is 1. The number of carbonyl (C=O) groups is 1. The fraction of sp³-hybridized carbons (Fsp3) is 0.636. The third-order valence-corrected chi connectivity index (χ3v) is 7.20. The minimum Gasteiger partial charge on any atom is -0.388 e. The van der Waals surface area contributed by atoms with Crippen LogP contribution in [0, 0.1) is 57.8 Å².